The van der Waals surface area contributed by atoms with Crippen LogP contribution in [-0.2, 0) is 10.0 Å². The van der Waals surface area contributed by atoms with Crippen LogP contribution in [0.2, 0.25) is 0 Å². The van der Waals surface area contributed by atoms with E-state index in [1.54, 1.807) is 0 Å². The maximum Gasteiger partial charge on any atom is 0.255 e. The summed E-state index contributed by atoms with van der Waals surface area (Å²) in [5, 5.41) is 20.5. The standard InChI is InChI=1S/C15H17N3O5S/c1-9(2)24(22,23)18-14-7-10(5-6-16-14)15(21)17-11-3-4-12(19)13(20)8-11/h3-9,19-20H,1-2H3,(H,16,18)(H,17,21). The average Bonchev–Trinajstić information content (AvgIpc) is 2.50. The Bertz CT molecular complexity index is 865. The van der Waals surface area contributed by atoms with Crippen LogP contribution >= 0.6 is 0 Å². The molecule has 0 saturated carbocycles. The van der Waals surface area contributed by atoms with Gasteiger partial charge in [-0.15, -0.1) is 0 Å². The third kappa shape index (κ3) is 4.13. The zero-order valence-corrected chi connectivity index (χ0v) is 13.8. The molecule has 0 saturated heterocycles. The molecule has 0 unspecified atom stereocenters. The molecule has 0 atom stereocenters. The smallest absolute Gasteiger partial charge is 0.255 e. The second-order valence-electron chi connectivity index (χ2n) is 5.28. The predicted molar refractivity (Wildman–Crippen MR) is 89.6 cm³/mol. The van der Waals surface area contributed by atoms with Crippen molar-refractivity contribution in [3.63, 3.8) is 0 Å². The average molecular weight is 351 g/mol. The molecule has 0 bridgehead atoms. The summed E-state index contributed by atoms with van der Waals surface area (Å²) in [6.07, 6.45) is 1.31. The van der Waals surface area contributed by atoms with Crippen molar-refractivity contribution in [3.8, 4) is 11.5 Å². The lowest BCUT2D eigenvalue weighted by molar-refractivity contribution is 0.102. The number of aromatic nitrogens is 1. The first-order valence-corrected chi connectivity index (χ1v) is 8.54. The summed E-state index contributed by atoms with van der Waals surface area (Å²) < 4.78 is 26.0. The molecule has 128 valence electrons. The van der Waals surface area contributed by atoms with Crippen molar-refractivity contribution in [1.29, 1.82) is 0 Å². The molecule has 0 aliphatic heterocycles. The second kappa shape index (κ2) is 6.75. The van der Waals surface area contributed by atoms with Crippen LogP contribution in [-0.4, -0.2) is 34.8 Å². The number of amides is 1. The van der Waals surface area contributed by atoms with Crippen molar-refractivity contribution in [3.05, 3.63) is 42.1 Å². The number of rotatable bonds is 5. The Morgan fingerprint density at radius 1 is 1.12 bits per heavy atom. The largest absolute Gasteiger partial charge is 0.504 e. The third-order valence-corrected chi connectivity index (χ3v) is 4.86. The summed E-state index contributed by atoms with van der Waals surface area (Å²) in [4.78, 5) is 16.1. The fourth-order valence-corrected chi connectivity index (χ4v) is 2.33. The van der Waals surface area contributed by atoms with Crippen LogP contribution in [0.4, 0.5) is 11.5 Å². The van der Waals surface area contributed by atoms with Gasteiger partial charge in [-0.05, 0) is 38.1 Å². The van der Waals surface area contributed by atoms with Gasteiger partial charge < -0.3 is 15.5 Å². The number of aromatic hydroxyl groups is 2. The number of hydrogen-bond acceptors (Lipinski definition) is 6. The fraction of sp³-hybridized carbons (Fsp3) is 0.200. The van der Waals surface area contributed by atoms with Gasteiger partial charge in [-0.3, -0.25) is 9.52 Å². The van der Waals surface area contributed by atoms with Crippen molar-refractivity contribution in [2.24, 2.45) is 0 Å². The SMILES string of the molecule is CC(C)S(=O)(=O)Nc1cc(C(=O)Nc2ccc(O)c(O)c2)ccn1. The van der Waals surface area contributed by atoms with Crippen LogP contribution in [0.5, 0.6) is 11.5 Å². The van der Waals surface area contributed by atoms with E-state index in [1.165, 1.54) is 50.4 Å². The molecule has 2 aromatic rings. The molecule has 0 radical (unpaired) electrons. The quantitative estimate of drug-likeness (QED) is 0.481. The molecule has 2 rings (SSSR count). The molecular formula is C15H17N3O5S. The van der Waals surface area contributed by atoms with E-state index in [0.29, 0.717) is 0 Å². The molecule has 1 aromatic carbocycles. The van der Waals surface area contributed by atoms with Crippen molar-refractivity contribution in [2.75, 3.05) is 10.0 Å². The first-order valence-electron chi connectivity index (χ1n) is 7.00. The summed E-state index contributed by atoms with van der Waals surface area (Å²) in [6, 6.07) is 6.56. The maximum atomic E-state index is 12.2. The van der Waals surface area contributed by atoms with Gasteiger partial charge in [0.2, 0.25) is 10.0 Å². The number of nitrogens with one attached hydrogen (secondary N) is 2. The molecule has 1 amide bonds. The van der Waals surface area contributed by atoms with Crippen LogP contribution in [0, 0.1) is 0 Å². The van der Waals surface area contributed by atoms with E-state index in [0.717, 1.165) is 0 Å². The van der Waals surface area contributed by atoms with E-state index in [9.17, 15) is 23.4 Å². The lowest BCUT2D eigenvalue weighted by atomic mass is 10.2. The minimum absolute atomic E-state index is 0.0323. The Balaban J connectivity index is 2.18. The van der Waals surface area contributed by atoms with E-state index in [1.807, 2.05) is 0 Å². The molecular weight excluding hydrogens is 334 g/mol. The van der Waals surface area contributed by atoms with Gasteiger partial charge in [0.05, 0.1) is 5.25 Å². The third-order valence-electron chi connectivity index (χ3n) is 3.12. The number of pyridine rings is 1. The van der Waals surface area contributed by atoms with Gasteiger partial charge in [0.25, 0.3) is 5.91 Å². The molecule has 0 aliphatic carbocycles. The summed E-state index contributed by atoms with van der Waals surface area (Å²) in [5.74, 6) is -1.16. The molecule has 0 spiro atoms. The van der Waals surface area contributed by atoms with Crippen molar-refractivity contribution in [2.45, 2.75) is 19.1 Å². The Morgan fingerprint density at radius 2 is 1.83 bits per heavy atom. The van der Waals surface area contributed by atoms with E-state index < -0.39 is 21.2 Å². The lowest BCUT2D eigenvalue weighted by Gasteiger charge is -2.11. The second-order valence-corrected chi connectivity index (χ2v) is 7.52. The number of phenolic OH excluding ortho intramolecular Hbond substituents is 2. The highest BCUT2D eigenvalue weighted by Gasteiger charge is 2.17. The van der Waals surface area contributed by atoms with Crippen LogP contribution < -0.4 is 10.0 Å². The number of sulfonamides is 1. The monoisotopic (exact) mass is 351 g/mol. The number of carbonyl (C=O) groups is 1. The molecule has 0 fully saturated rings. The summed E-state index contributed by atoms with van der Waals surface area (Å²) >= 11 is 0. The molecule has 0 aliphatic rings. The zero-order valence-electron chi connectivity index (χ0n) is 13.0. The van der Waals surface area contributed by atoms with Gasteiger partial charge in [-0.2, -0.15) is 0 Å². The van der Waals surface area contributed by atoms with Gasteiger partial charge in [-0.1, -0.05) is 0 Å². The molecule has 1 aromatic heterocycles. The summed E-state index contributed by atoms with van der Waals surface area (Å²) in [5.41, 5.74) is 0.454. The number of hydrogen-bond donors (Lipinski definition) is 4. The number of anilines is 2. The molecule has 4 N–H and O–H groups in total. The number of benzene rings is 1. The Kier molecular flexibility index (Phi) is 4.93. The Morgan fingerprint density at radius 3 is 2.46 bits per heavy atom. The van der Waals surface area contributed by atoms with Crippen LogP contribution in [0.25, 0.3) is 0 Å². The summed E-state index contributed by atoms with van der Waals surface area (Å²) in [6.45, 7) is 3.05. The molecule has 24 heavy (non-hydrogen) atoms. The minimum Gasteiger partial charge on any atom is -0.504 e. The van der Waals surface area contributed by atoms with Gasteiger partial charge >= 0.3 is 0 Å². The van der Waals surface area contributed by atoms with Crippen LogP contribution in [0.1, 0.15) is 24.2 Å². The van der Waals surface area contributed by atoms with Crippen LogP contribution in [0.3, 0.4) is 0 Å². The maximum absolute atomic E-state index is 12.2. The van der Waals surface area contributed by atoms with E-state index in [-0.39, 0.29) is 28.6 Å². The first-order chi connectivity index (χ1) is 11.2. The lowest BCUT2D eigenvalue weighted by Crippen LogP contribution is -2.23. The number of phenols is 2. The molecule has 8 nitrogen and oxygen atoms in total. The number of nitrogens with zero attached hydrogens (tertiary/aromatic N) is 1. The van der Waals surface area contributed by atoms with Gasteiger partial charge in [0.15, 0.2) is 11.5 Å². The van der Waals surface area contributed by atoms with E-state index >= 15 is 0 Å². The van der Waals surface area contributed by atoms with Gasteiger partial charge in [0.1, 0.15) is 5.82 Å². The Labute approximate surface area is 139 Å². The predicted octanol–water partition coefficient (Wildman–Crippen LogP) is 1.90. The fourth-order valence-electron chi connectivity index (χ4n) is 1.70. The molecule has 9 heteroatoms. The molecule has 1 heterocycles. The van der Waals surface area contributed by atoms with E-state index in [2.05, 4.69) is 15.0 Å². The highest BCUT2D eigenvalue weighted by atomic mass is 32.2. The normalized spacial score (nSPS) is 11.3. The zero-order chi connectivity index (χ0) is 17.9. The topological polar surface area (TPSA) is 129 Å². The Hall–Kier alpha value is -2.81. The highest BCUT2D eigenvalue weighted by Crippen LogP contribution is 2.27. The van der Waals surface area contributed by atoms with Gasteiger partial charge in [-0.25, -0.2) is 13.4 Å². The van der Waals surface area contributed by atoms with Crippen molar-refractivity contribution < 1.29 is 23.4 Å². The van der Waals surface area contributed by atoms with Gasteiger partial charge in [0, 0.05) is 23.5 Å². The van der Waals surface area contributed by atoms with Crippen molar-refractivity contribution in [1.82, 2.24) is 4.98 Å². The first kappa shape index (κ1) is 17.5. The summed E-state index contributed by atoms with van der Waals surface area (Å²) in [7, 11) is -3.57. The van der Waals surface area contributed by atoms with Crippen LogP contribution in [0.15, 0.2) is 36.5 Å². The highest BCUT2D eigenvalue weighted by molar-refractivity contribution is 7.93. The van der Waals surface area contributed by atoms with Crippen molar-refractivity contribution >= 4 is 27.4 Å². The van der Waals surface area contributed by atoms with E-state index in [4.69, 9.17) is 0 Å². The number of carbonyl (C=O) groups excluding carboxylic acids is 1. The minimum atomic E-state index is -3.57.